The minimum atomic E-state index is -0.0224. The number of thioether (sulfide) groups is 1. The number of likely N-dealkylation sites (N-methyl/N-ethyl adjacent to an activating group) is 1. The van der Waals surface area contributed by atoms with E-state index in [0.29, 0.717) is 9.23 Å². The third-order valence-electron chi connectivity index (χ3n) is 2.54. The van der Waals surface area contributed by atoms with Crippen molar-refractivity contribution in [3.63, 3.8) is 0 Å². The molecule has 1 saturated heterocycles. The van der Waals surface area contributed by atoms with Gasteiger partial charge in [0, 0.05) is 7.05 Å². The van der Waals surface area contributed by atoms with E-state index in [0.717, 1.165) is 11.1 Å². The molecule has 18 heavy (non-hydrogen) atoms. The maximum Gasteiger partial charge on any atom is 0.265 e. The van der Waals surface area contributed by atoms with Crippen LogP contribution in [-0.4, -0.2) is 22.2 Å². The first-order valence-corrected chi connectivity index (χ1v) is 6.75. The monoisotopic (exact) mass is 275 g/mol. The summed E-state index contributed by atoms with van der Waals surface area (Å²) in [6.45, 7) is 1.98. The first-order chi connectivity index (χ1) is 8.58. The largest absolute Gasteiger partial charge is 0.296 e. The highest BCUT2D eigenvalue weighted by molar-refractivity contribution is 8.26. The van der Waals surface area contributed by atoms with Crippen LogP contribution in [0.3, 0.4) is 0 Å². The van der Waals surface area contributed by atoms with E-state index in [1.54, 1.807) is 7.05 Å². The highest BCUT2D eigenvalue weighted by Gasteiger charge is 2.28. The molecule has 1 fully saturated rings. The third kappa shape index (κ3) is 2.89. The number of amides is 1. The molecule has 1 aromatic rings. The maximum atomic E-state index is 11.8. The molecule has 92 valence electrons. The van der Waals surface area contributed by atoms with E-state index in [1.165, 1.54) is 16.7 Å². The number of carbonyl (C=O) groups excluding carboxylic acids is 1. The molecule has 1 aliphatic heterocycles. The van der Waals surface area contributed by atoms with E-state index >= 15 is 0 Å². The van der Waals surface area contributed by atoms with Crippen molar-refractivity contribution in [3.05, 3.63) is 52.4 Å². The van der Waals surface area contributed by atoms with Crippen molar-refractivity contribution in [1.82, 2.24) is 4.90 Å². The van der Waals surface area contributed by atoms with Crippen LogP contribution in [0.25, 0.3) is 6.08 Å². The number of hydrogen-bond donors (Lipinski definition) is 0. The molecule has 0 aromatic heterocycles. The van der Waals surface area contributed by atoms with Crippen LogP contribution in [0.5, 0.6) is 0 Å². The van der Waals surface area contributed by atoms with E-state index in [-0.39, 0.29) is 5.91 Å². The Bertz CT molecular complexity index is 546. The second-order valence-electron chi connectivity index (χ2n) is 4.04. The lowest BCUT2D eigenvalue weighted by molar-refractivity contribution is -0.121. The summed E-state index contributed by atoms with van der Waals surface area (Å²) >= 11 is 6.43. The minimum absolute atomic E-state index is 0.0224. The number of carbonyl (C=O) groups is 1. The van der Waals surface area contributed by atoms with E-state index in [1.807, 2.05) is 49.4 Å². The van der Waals surface area contributed by atoms with Crippen molar-refractivity contribution < 1.29 is 4.79 Å². The number of allylic oxidation sites excluding steroid dienone is 2. The molecule has 0 saturated carbocycles. The van der Waals surface area contributed by atoms with Gasteiger partial charge >= 0.3 is 0 Å². The number of thiocarbonyl (C=S) groups is 1. The zero-order chi connectivity index (χ0) is 13.1. The fourth-order valence-corrected chi connectivity index (χ4v) is 2.84. The molecule has 0 bridgehead atoms. The van der Waals surface area contributed by atoms with Crippen molar-refractivity contribution in [2.24, 2.45) is 0 Å². The zero-order valence-corrected chi connectivity index (χ0v) is 11.8. The van der Waals surface area contributed by atoms with Gasteiger partial charge in [-0.25, -0.2) is 0 Å². The third-order valence-corrected chi connectivity index (χ3v) is 4.02. The van der Waals surface area contributed by atoms with Crippen LogP contribution in [0.15, 0.2) is 46.9 Å². The minimum Gasteiger partial charge on any atom is -0.296 e. The van der Waals surface area contributed by atoms with Crippen molar-refractivity contribution in [3.8, 4) is 0 Å². The second kappa shape index (κ2) is 5.50. The smallest absolute Gasteiger partial charge is 0.265 e. The first-order valence-electron chi connectivity index (χ1n) is 5.53. The summed E-state index contributed by atoms with van der Waals surface area (Å²) in [5.74, 6) is -0.0224. The molecule has 0 atom stereocenters. The lowest BCUT2D eigenvalue weighted by Crippen LogP contribution is -2.22. The molecule has 0 N–H and O–H groups in total. The summed E-state index contributed by atoms with van der Waals surface area (Å²) in [6.07, 6.45) is 3.93. The number of hydrogen-bond acceptors (Lipinski definition) is 3. The molecule has 4 heteroatoms. The van der Waals surface area contributed by atoms with Crippen molar-refractivity contribution in [2.45, 2.75) is 6.92 Å². The Morgan fingerprint density at radius 1 is 1.33 bits per heavy atom. The zero-order valence-electron chi connectivity index (χ0n) is 10.2. The van der Waals surface area contributed by atoms with Crippen LogP contribution in [0.2, 0.25) is 0 Å². The topological polar surface area (TPSA) is 20.3 Å². The fourth-order valence-electron chi connectivity index (χ4n) is 1.61. The van der Waals surface area contributed by atoms with Crippen molar-refractivity contribution in [1.29, 1.82) is 0 Å². The van der Waals surface area contributed by atoms with Crippen LogP contribution in [-0.2, 0) is 4.79 Å². The summed E-state index contributed by atoms with van der Waals surface area (Å²) < 4.78 is 0.610. The maximum absolute atomic E-state index is 11.8. The molecule has 1 aromatic carbocycles. The van der Waals surface area contributed by atoms with Crippen molar-refractivity contribution >= 4 is 40.3 Å². The molecular formula is C14H13NOS2. The van der Waals surface area contributed by atoms with E-state index in [4.69, 9.17) is 12.2 Å². The van der Waals surface area contributed by atoms with E-state index < -0.39 is 0 Å². The van der Waals surface area contributed by atoms with Gasteiger partial charge in [0.2, 0.25) is 0 Å². The average Bonchev–Trinajstić information content (AvgIpc) is 2.58. The van der Waals surface area contributed by atoms with Gasteiger partial charge in [0.25, 0.3) is 5.91 Å². The molecule has 0 spiro atoms. The quantitative estimate of drug-likeness (QED) is 0.609. The van der Waals surface area contributed by atoms with Gasteiger partial charge in [-0.15, -0.1) is 0 Å². The van der Waals surface area contributed by atoms with Gasteiger partial charge in [0.15, 0.2) is 0 Å². The summed E-state index contributed by atoms with van der Waals surface area (Å²) in [5, 5.41) is 0. The van der Waals surface area contributed by atoms with Crippen LogP contribution >= 0.6 is 24.0 Å². The predicted molar refractivity (Wildman–Crippen MR) is 81.1 cm³/mol. The Balaban J connectivity index is 2.22. The molecule has 1 heterocycles. The summed E-state index contributed by atoms with van der Waals surface area (Å²) in [5.41, 5.74) is 2.16. The SMILES string of the molecule is CC(=C\c1ccccc1)/C=C1/SC(=S)N(C)C1=O. The Labute approximate surface area is 116 Å². The Hall–Kier alpha value is -1.39. The van der Waals surface area contributed by atoms with Crippen LogP contribution in [0.4, 0.5) is 0 Å². The molecule has 1 amide bonds. The molecular weight excluding hydrogens is 262 g/mol. The van der Waals surface area contributed by atoms with Crippen LogP contribution < -0.4 is 0 Å². The average molecular weight is 275 g/mol. The van der Waals surface area contributed by atoms with Gasteiger partial charge in [-0.2, -0.15) is 0 Å². The second-order valence-corrected chi connectivity index (χ2v) is 5.72. The highest BCUT2D eigenvalue weighted by atomic mass is 32.2. The van der Waals surface area contributed by atoms with Gasteiger partial charge in [0.1, 0.15) is 4.32 Å². The molecule has 0 unspecified atom stereocenters. The van der Waals surface area contributed by atoms with Gasteiger partial charge in [-0.3, -0.25) is 9.69 Å². The Morgan fingerprint density at radius 3 is 2.56 bits per heavy atom. The first kappa shape index (κ1) is 13.1. The number of rotatable bonds is 2. The Morgan fingerprint density at radius 2 is 2.00 bits per heavy atom. The van der Waals surface area contributed by atoms with E-state index in [9.17, 15) is 4.79 Å². The summed E-state index contributed by atoms with van der Waals surface area (Å²) in [7, 11) is 1.70. The predicted octanol–water partition coefficient (Wildman–Crippen LogP) is 3.46. The summed E-state index contributed by atoms with van der Waals surface area (Å²) in [6, 6.07) is 10.0. The normalized spacial score (nSPS) is 18.9. The van der Waals surface area contributed by atoms with Gasteiger partial charge in [-0.05, 0) is 24.1 Å². The summed E-state index contributed by atoms with van der Waals surface area (Å²) in [4.78, 5) is 14.0. The van der Waals surface area contributed by atoms with Gasteiger partial charge in [0.05, 0.1) is 4.91 Å². The molecule has 1 aliphatic rings. The standard InChI is InChI=1S/C14H13NOS2/c1-10(8-11-6-4-3-5-7-11)9-12-13(16)15(2)14(17)18-12/h3-9H,1-2H3/b10-8+,12-9+. The lowest BCUT2D eigenvalue weighted by Gasteiger charge is -2.03. The van der Waals surface area contributed by atoms with Crippen LogP contribution in [0, 0.1) is 0 Å². The van der Waals surface area contributed by atoms with Gasteiger partial charge < -0.3 is 0 Å². The number of nitrogens with zero attached hydrogens (tertiary/aromatic N) is 1. The Kier molecular flexibility index (Phi) is 3.99. The van der Waals surface area contributed by atoms with Gasteiger partial charge in [-0.1, -0.05) is 60.4 Å². The molecule has 2 rings (SSSR count). The van der Waals surface area contributed by atoms with E-state index in [2.05, 4.69) is 0 Å². The fraction of sp³-hybridized carbons (Fsp3) is 0.143. The molecule has 0 radical (unpaired) electrons. The van der Waals surface area contributed by atoms with Crippen molar-refractivity contribution in [2.75, 3.05) is 7.05 Å². The number of benzene rings is 1. The highest BCUT2D eigenvalue weighted by Crippen LogP contribution is 2.30. The van der Waals surface area contributed by atoms with Crippen LogP contribution in [0.1, 0.15) is 12.5 Å². The molecule has 0 aliphatic carbocycles. The molecule has 2 nitrogen and oxygen atoms in total. The lowest BCUT2D eigenvalue weighted by atomic mass is 10.1.